The highest BCUT2D eigenvalue weighted by molar-refractivity contribution is 7.89. The fourth-order valence-corrected chi connectivity index (χ4v) is 5.73. The van der Waals surface area contributed by atoms with Gasteiger partial charge in [-0.1, -0.05) is 29.8 Å². The number of hydrogen-bond donors (Lipinski definition) is 0. The van der Waals surface area contributed by atoms with Gasteiger partial charge in [-0.15, -0.1) is 0 Å². The molecular formula is C25H25ClN4O4S. The maximum atomic E-state index is 13.2. The number of aromatic nitrogens is 1. The summed E-state index contributed by atoms with van der Waals surface area (Å²) < 4.78 is 39.0. The van der Waals surface area contributed by atoms with E-state index in [0.29, 0.717) is 42.1 Å². The highest BCUT2D eigenvalue weighted by Gasteiger charge is 2.32. The average molecular weight is 513 g/mol. The van der Waals surface area contributed by atoms with E-state index in [2.05, 4.69) is 11.1 Å². The van der Waals surface area contributed by atoms with Crippen molar-refractivity contribution < 1.29 is 17.6 Å². The summed E-state index contributed by atoms with van der Waals surface area (Å²) in [6.07, 6.45) is 3.53. The molecular weight excluding hydrogens is 488 g/mol. The maximum absolute atomic E-state index is 13.2. The van der Waals surface area contributed by atoms with E-state index in [0.717, 1.165) is 11.3 Å². The van der Waals surface area contributed by atoms with Crippen LogP contribution in [0, 0.1) is 18.3 Å². The molecule has 35 heavy (non-hydrogen) atoms. The minimum Gasteiger partial charge on any atom is -0.494 e. The summed E-state index contributed by atoms with van der Waals surface area (Å²) in [7, 11) is -3.69. The Morgan fingerprint density at radius 1 is 1.14 bits per heavy atom. The Balaban J connectivity index is 1.46. The highest BCUT2D eigenvalue weighted by atomic mass is 35.5. The van der Waals surface area contributed by atoms with Crippen molar-refractivity contribution in [3.63, 3.8) is 0 Å². The molecule has 0 amide bonds. The first-order chi connectivity index (χ1) is 16.8. The van der Waals surface area contributed by atoms with E-state index in [4.69, 9.17) is 20.8 Å². The van der Waals surface area contributed by atoms with Gasteiger partial charge in [-0.05, 0) is 55.3 Å². The molecule has 1 aliphatic heterocycles. The second kappa shape index (κ2) is 10.5. The second-order valence-corrected chi connectivity index (χ2v) is 10.2. The zero-order chi connectivity index (χ0) is 25.0. The average Bonchev–Trinajstić information content (AvgIpc) is 3.29. The summed E-state index contributed by atoms with van der Waals surface area (Å²) >= 11 is 6.13. The monoisotopic (exact) mass is 512 g/mol. The van der Waals surface area contributed by atoms with Crippen LogP contribution in [0.1, 0.15) is 29.6 Å². The first-order valence-electron chi connectivity index (χ1n) is 11.2. The van der Waals surface area contributed by atoms with Crippen molar-refractivity contribution >= 4 is 39.7 Å². The third-order valence-corrected chi connectivity index (χ3v) is 8.16. The van der Waals surface area contributed by atoms with Gasteiger partial charge < -0.3 is 14.1 Å². The van der Waals surface area contributed by atoms with Gasteiger partial charge in [0.15, 0.2) is 0 Å². The van der Waals surface area contributed by atoms with Gasteiger partial charge in [0, 0.05) is 37.3 Å². The van der Waals surface area contributed by atoms with E-state index in [9.17, 15) is 13.7 Å². The van der Waals surface area contributed by atoms with Crippen molar-refractivity contribution in [1.29, 1.82) is 5.26 Å². The topological polar surface area (TPSA) is 99.7 Å². The lowest BCUT2D eigenvalue weighted by atomic mass is 10.2. The van der Waals surface area contributed by atoms with Gasteiger partial charge >= 0.3 is 0 Å². The number of hydrogen-bond acceptors (Lipinski definition) is 7. The SMILES string of the molecule is CCOc1ccc(C=Cc2nc(C#N)c(N3CCN(S(=O)(=O)c4cccc(Cl)c4C)CC3)o2)cc1. The van der Waals surface area contributed by atoms with Crippen molar-refractivity contribution in [2.75, 3.05) is 37.7 Å². The zero-order valence-corrected chi connectivity index (χ0v) is 21.0. The molecule has 4 rings (SSSR count). The van der Waals surface area contributed by atoms with Gasteiger partial charge in [0.05, 0.1) is 11.5 Å². The second-order valence-electron chi connectivity index (χ2n) is 7.91. The van der Waals surface area contributed by atoms with E-state index in [1.165, 1.54) is 4.31 Å². The van der Waals surface area contributed by atoms with E-state index in [1.54, 1.807) is 31.2 Å². The number of anilines is 1. The van der Waals surface area contributed by atoms with Crippen LogP contribution in [-0.2, 0) is 10.0 Å². The largest absolute Gasteiger partial charge is 0.494 e. The molecule has 2 aromatic carbocycles. The van der Waals surface area contributed by atoms with E-state index in [-0.39, 0.29) is 23.7 Å². The molecule has 182 valence electrons. The van der Waals surface area contributed by atoms with Crippen LogP contribution in [0.5, 0.6) is 5.75 Å². The van der Waals surface area contributed by atoms with Crippen LogP contribution in [-0.4, -0.2) is 50.5 Å². The van der Waals surface area contributed by atoms with Crippen LogP contribution in [0.4, 0.5) is 5.88 Å². The van der Waals surface area contributed by atoms with Gasteiger partial charge in [-0.3, -0.25) is 0 Å². The third kappa shape index (κ3) is 5.35. The Morgan fingerprint density at radius 2 is 1.86 bits per heavy atom. The number of oxazole rings is 1. The molecule has 1 fully saturated rings. The molecule has 0 bridgehead atoms. The molecule has 3 aromatic rings. The molecule has 0 aliphatic carbocycles. The molecule has 0 radical (unpaired) electrons. The van der Waals surface area contributed by atoms with Gasteiger partial charge in [0.2, 0.25) is 27.5 Å². The van der Waals surface area contributed by atoms with E-state index >= 15 is 0 Å². The first-order valence-corrected chi connectivity index (χ1v) is 13.0. The molecule has 10 heteroatoms. The standard InChI is InChI=1S/C25H25ClN4O4S/c1-3-33-20-10-7-19(8-11-20)9-12-24-28-22(17-27)25(34-24)29-13-15-30(16-14-29)35(31,32)23-6-4-5-21(26)18(23)2/h4-12H,3,13-16H2,1-2H3. The minimum atomic E-state index is -3.69. The molecule has 0 N–H and O–H groups in total. The molecule has 0 unspecified atom stereocenters. The van der Waals surface area contributed by atoms with E-state index in [1.807, 2.05) is 42.2 Å². The van der Waals surface area contributed by atoms with Crippen molar-refractivity contribution in [1.82, 2.24) is 9.29 Å². The number of nitrogens with zero attached hydrogens (tertiary/aromatic N) is 4. The molecule has 1 aliphatic rings. The zero-order valence-electron chi connectivity index (χ0n) is 19.4. The lowest BCUT2D eigenvalue weighted by Gasteiger charge is -2.34. The Kier molecular flexibility index (Phi) is 7.45. The van der Waals surface area contributed by atoms with Gasteiger partial charge in [0.1, 0.15) is 11.8 Å². The number of ether oxygens (including phenoxy) is 1. The quantitative estimate of drug-likeness (QED) is 0.456. The number of nitriles is 1. The summed E-state index contributed by atoms with van der Waals surface area (Å²) in [6.45, 7) is 5.46. The van der Waals surface area contributed by atoms with Gasteiger partial charge in [-0.25, -0.2) is 8.42 Å². The van der Waals surface area contributed by atoms with Crippen molar-refractivity contribution in [2.24, 2.45) is 0 Å². The first kappa shape index (κ1) is 24.8. The molecule has 0 spiro atoms. The maximum Gasteiger partial charge on any atom is 0.243 e. The Labute approximate surface area is 210 Å². The number of halogens is 1. The predicted molar refractivity (Wildman–Crippen MR) is 135 cm³/mol. The lowest BCUT2D eigenvalue weighted by molar-refractivity contribution is 0.340. The Hall–Kier alpha value is -3.32. The lowest BCUT2D eigenvalue weighted by Crippen LogP contribution is -2.48. The summed E-state index contributed by atoms with van der Waals surface area (Å²) in [5.41, 5.74) is 1.63. The molecule has 8 nitrogen and oxygen atoms in total. The molecule has 1 saturated heterocycles. The van der Waals surface area contributed by atoms with Crippen LogP contribution in [0.15, 0.2) is 51.8 Å². The van der Waals surface area contributed by atoms with Crippen molar-refractivity contribution in [3.05, 3.63) is 70.2 Å². The fraction of sp³-hybridized carbons (Fsp3) is 0.280. The summed E-state index contributed by atoms with van der Waals surface area (Å²) in [6, 6.07) is 14.5. The molecule has 0 atom stereocenters. The smallest absolute Gasteiger partial charge is 0.243 e. The molecule has 2 heterocycles. The number of piperazine rings is 1. The normalized spacial score (nSPS) is 14.9. The summed E-state index contributed by atoms with van der Waals surface area (Å²) in [4.78, 5) is 6.33. The van der Waals surface area contributed by atoms with Crippen LogP contribution in [0.25, 0.3) is 12.2 Å². The van der Waals surface area contributed by atoms with Crippen molar-refractivity contribution in [2.45, 2.75) is 18.7 Å². The summed E-state index contributed by atoms with van der Waals surface area (Å²) in [5, 5.41) is 9.97. The number of sulfonamides is 1. The van der Waals surface area contributed by atoms with Gasteiger partial charge in [-0.2, -0.15) is 14.6 Å². The Morgan fingerprint density at radius 3 is 2.51 bits per heavy atom. The van der Waals surface area contributed by atoms with Gasteiger partial charge in [0.25, 0.3) is 0 Å². The number of rotatable bonds is 7. The van der Waals surface area contributed by atoms with Crippen LogP contribution in [0.3, 0.4) is 0 Å². The van der Waals surface area contributed by atoms with Crippen LogP contribution in [0.2, 0.25) is 5.02 Å². The third-order valence-electron chi connectivity index (χ3n) is 5.70. The predicted octanol–water partition coefficient (Wildman–Crippen LogP) is 4.59. The van der Waals surface area contributed by atoms with Crippen molar-refractivity contribution in [3.8, 4) is 11.8 Å². The molecule has 0 saturated carbocycles. The molecule has 1 aromatic heterocycles. The Bertz CT molecular complexity index is 1370. The van der Waals surface area contributed by atoms with Crippen LogP contribution >= 0.6 is 11.6 Å². The van der Waals surface area contributed by atoms with E-state index < -0.39 is 10.0 Å². The van der Waals surface area contributed by atoms with Crippen LogP contribution < -0.4 is 9.64 Å². The fourth-order valence-electron chi connectivity index (χ4n) is 3.83. The minimum absolute atomic E-state index is 0.165. The highest BCUT2D eigenvalue weighted by Crippen LogP contribution is 2.29. The summed E-state index contributed by atoms with van der Waals surface area (Å²) in [5.74, 6) is 1.44. The number of benzene rings is 2.